The van der Waals surface area contributed by atoms with Gasteiger partial charge in [0.15, 0.2) is 0 Å². The number of benzene rings is 3. The number of hydrogen-bond acceptors (Lipinski definition) is 6. The lowest BCUT2D eigenvalue weighted by Gasteiger charge is -2.18. The van der Waals surface area contributed by atoms with Gasteiger partial charge in [0, 0.05) is 31.8 Å². The number of aromatic nitrogens is 1. The second-order valence-electron chi connectivity index (χ2n) is 6.85. The topological polar surface area (TPSA) is 72.9 Å². The van der Waals surface area contributed by atoms with E-state index in [9.17, 15) is 10.1 Å². The van der Waals surface area contributed by atoms with E-state index >= 15 is 0 Å². The van der Waals surface area contributed by atoms with Crippen LogP contribution in [0.25, 0.3) is 11.3 Å². The molecule has 0 saturated carbocycles. The number of nitrogens with zero attached hydrogens (tertiary/aromatic N) is 4. The van der Waals surface area contributed by atoms with Crippen LogP contribution in [-0.4, -0.2) is 23.7 Å². The highest BCUT2D eigenvalue weighted by molar-refractivity contribution is 7.11. The van der Waals surface area contributed by atoms with Crippen molar-refractivity contribution in [3.8, 4) is 22.1 Å². The third-order valence-corrected chi connectivity index (χ3v) is 5.37. The first-order valence-corrected chi connectivity index (χ1v) is 10.4. The van der Waals surface area contributed by atoms with Crippen LogP contribution in [0.2, 0.25) is 0 Å². The number of non-ortho nitro benzene ring substituents is 1. The van der Waals surface area contributed by atoms with Crippen molar-refractivity contribution in [1.29, 1.82) is 0 Å². The summed E-state index contributed by atoms with van der Waals surface area (Å²) in [6, 6.07) is 25.7. The second kappa shape index (κ2) is 8.85. The minimum Gasteiger partial charge on any atom is -0.444 e. The molecule has 31 heavy (non-hydrogen) atoms. The Hall–Kier alpha value is -3.91. The molecule has 0 N–H and O–H groups in total. The molecule has 7 nitrogen and oxygen atoms in total. The summed E-state index contributed by atoms with van der Waals surface area (Å²) in [5.74, 6) is 0.515. The highest BCUT2D eigenvalue weighted by Gasteiger charge is 2.19. The number of rotatable bonds is 6. The van der Waals surface area contributed by atoms with Crippen molar-refractivity contribution in [1.82, 2.24) is 4.68 Å². The molecule has 156 valence electrons. The third kappa shape index (κ3) is 4.49. The van der Waals surface area contributed by atoms with E-state index in [1.54, 1.807) is 12.1 Å². The van der Waals surface area contributed by atoms with Crippen molar-refractivity contribution in [3.63, 3.8) is 0 Å². The molecule has 0 radical (unpaired) electrons. The molecule has 0 spiro atoms. The Bertz CT molecular complexity index is 1250. The zero-order chi connectivity index (χ0) is 21.8. The molecule has 0 saturated heterocycles. The van der Waals surface area contributed by atoms with Gasteiger partial charge < -0.3 is 9.75 Å². The number of hydrogen-bond donors (Lipinski definition) is 0. The van der Waals surface area contributed by atoms with Crippen molar-refractivity contribution in [2.45, 2.75) is 0 Å². The first kappa shape index (κ1) is 20.4. The summed E-state index contributed by atoms with van der Waals surface area (Å²) in [6.45, 7) is 0. The summed E-state index contributed by atoms with van der Waals surface area (Å²) in [4.78, 5) is 16.1. The van der Waals surface area contributed by atoms with Crippen molar-refractivity contribution in [3.05, 3.63) is 99.8 Å². The van der Waals surface area contributed by atoms with Crippen molar-refractivity contribution < 1.29 is 9.66 Å². The molecule has 0 fully saturated rings. The minimum absolute atomic E-state index is 0.0185. The predicted molar refractivity (Wildman–Crippen MR) is 123 cm³/mol. The van der Waals surface area contributed by atoms with E-state index in [4.69, 9.17) is 9.73 Å². The maximum Gasteiger partial charge on any atom is 0.269 e. The van der Waals surface area contributed by atoms with Crippen molar-refractivity contribution in [2.24, 2.45) is 4.99 Å². The summed E-state index contributed by atoms with van der Waals surface area (Å²) in [6.07, 6.45) is 0. The summed E-state index contributed by atoms with van der Waals surface area (Å²) in [5.41, 5.74) is 2.67. The van der Waals surface area contributed by atoms with E-state index in [1.165, 1.54) is 23.5 Å². The van der Waals surface area contributed by atoms with E-state index in [2.05, 4.69) is 0 Å². The fraction of sp³-hybridized carbons (Fsp3) is 0.0870. The van der Waals surface area contributed by atoms with E-state index in [0.717, 1.165) is 21.7 Å². The van der Waals surface area contributed by atoms with Gasteiger partial charge in [0.2, 0.25) is 9.86 Å². The molecule has 0 bridgehead atoms. The molecule has 1 heterocycles. The summed E-state index contributed by atoms with van der Waals surface area (Å²) in [7, 11) is 3.89. The van der Waals surface area contributed by atoms with Crippen LogP contribution in [0.5, 0.6) is 10.8 Å². The maximum atomic E-state index is 11.0. The molecule has 0 aliphatic carbocycles. The Morgan fingerprint density at radius 3 is 2.13 bits per heavy atom. The van der Waals surface area contributed by atoms with Crippen molar-refractivity contribution >= 4 is 22.7 Å². The van der Waals surface area contributed by atoms with Crippen LogP contribution >= 0.6 is 11.3 Å². The van der Waals surface area contributed by atoms with Crippen LogP contribution in [-0.2, 0) is 0 Å². The number of para-hydroxylation sites is 1. The zero-order valence-electron chi connectivity index (χ0n) is 17.0. The van der Waals surface area contributed by atoms with Gasteiger partial charge in [0.05, 0.1) is 10.6 Å². The van der Waals surface area contributed by atoms with E-state index in [-0.39, 0.29) is 5.69 Å². The van der Waals surface area contributed by atoms with Gasteiger partial charge in [-0.15, -0.1) is 0 Å². The van der Waals surface area contributed by atoms with Gasteiger partial charge in [-0.2, -0.15) is 0 Å². The van der Waals surface area contributed by atoms with Gasteiger partial charge in [-0.25, -0.2) is 9.67 Å². The molecule has 0 aliphatic rings. The number of thiazole rings is 1. The van der Waals surface area contributed by atoms with Crippen LogP contribution in [0.4, 0.5) is 11.4 Å². The normalized spacial score (nSPS) is 11.4. The Kier molecular flexibility index (Phi) is 5.81. The molecule has 0 amide bonds. The molecule has 0 atom stereocenters. The highest BCUT2D eigenvalue weighted by Crippen LogP contribution is 2.36. The van der Waals surface area contributed by atoms with Crippen LogP contribution in [0.15, 0.2) is 89.9 Å². The summed E-state index contributed by atoms with van der Waals surface area (Å²) in [5, 5.41) is 13.5. The van der Waals surface area contributed by atoms with Crippen LogP contribution < -0.4 is 14.5 Å². The first-order valence-electron chi connectivity index (χ1n) is 9.54. The van der Waals surface area contributed by atoms with Crippen molar-refractivity contribution in [2.75, 3.05) is 19.1 Å². The third-order valence-electron chi connectivity index (χ3n) is 4.46. The van der Waals surface area contributed by atoms with Crippen LogP contribution in [0, 0.1) is 10.1 Å². The minimum atomic E-state index is -0.429. The Labute approximate surface area is 183 Å². The van der Waals surface area contributed by atoms with E-state index in [1.807, 2.05) is 84.4 Å². The number of nitro groups is 1. The number of ether oxygens (including phenoxy) is 1. The van der Waals surface area contributed by atoms with Crippen LogP contribution in [0.1, 0.15) is 0 Å². The molecule has 0 aliphatic heterocycles. The fourth-order valence-electron chi connectivity index (χ4n) is 3.06. The molecule has 1 aromatic heterocycles. The van der Waals surface area contributed by atoms with Crippen LogP contribution in [0.3, 0.4) is 0 Å². The van der Waals surface area contributed by atoms with Gasteiger partial charge in [0.1, 0.15) is 11.4 Å². The molecule has 0 unspecified atom stereocenters. The van der Waals surface area contributed by atoms with Gasteiger partial charge in [0.25, 0.3) is 5.69 Å². The van der Waals surface area contributed by atoms with Gasteiger partial charge >= 0.3 is 0 Å². The lowest BCUT2D eigenvalue weighted by Crippen LogP contribution is -2.34. The summed E-state index contributed by atoms with van der Waals surface area (Å²) < 4.78 is 8.19. The Morgan fingerprint density at radius 1 is 0.935 bits per heavy atom. The van der Waals surface area contributed by atoms with Gasteiger partial charge in [-0.3, -0.25) is 10.1 Å². The molecule has 8 heteroatoms. The number of nitro benzene ring substituents is 1. The average molecular weight is 433 g/mol. The van der Waals surface area contributed by atoms with Gasteiger partial charge in [-0.05, 0) is 24.3 Å². The summed E-state index contributed by atoms with van der Waals surface area (Å²) >= 11 is 1.41. The maximum absolute atomic E-state index is 11.0. The Balaban J connectivity index is 1.88. The fourth-order valence-corrected chi connectivity index (χ4v) is 4.16. The smallest absolute Gasteiger partial charge is 0.269 e. The lowest BCUT2D eigenvalue weighted by atomic mass is 10.2. The quantitative estimate of drug-likeness (QED) is 0.304. The monoisotopic (exact) mass is 432 g/mol. The van der Waals surface area contributed by atoms with Gasteiger partial charge in [-0.1, -0.05) is 59.9 Å². The Morgan fingerprint density at radius 2 is 1.55 bits per heavy atom. The predicted octanol–water partition coefficient (Wildman–Crippen LogP) is 5.35. The molecule has 4 aromatic rings. The molecule has 4 rings (SSSR count). The standard InChI is InChI=1S/C23H20N4O3S/c1-25(2)26-21(17-9-5-3-6-10-17)22(30-20-15-13-19(14-16-20)27(28)29)31-23(26)24-18-11-7-4-8-12-18/h3-16H,1-2H3. The van der Waals surface area contributed by atoms with E-state index in [0.29, 0.717) is 10.8 Å². The molecular weight excluding hydrogens is 412 g/mol. The largest absolute Gasteiger partial charge is 0.444 e. The zero-order valence-corrected chi connectivity index (χ0v) is 17.8. The second-order valence-corrected chi connectivity index (χ2v) is 7.79. The first-order chi connectivity index (χ1) is 15.0. The molecule has 3 aromatic carbocycles. The lowest BCUT2D eigenvalue weighted by molar-refractivity contribution is -0.384. The highest BCUT2D eigenvalue weighted by atomic mass is 32.1. The SMILES string of the molecule is CN(C)n1c(-c2ccccc2)c(Oc2ccc([N+](=O)[O-])cc2)sc1=Nc1ccccc1. The molecular formula is C23H20N4O3S. The van der Waals surface area contributed by atoms with E-state index < -0.39 is 4.92 Å². The average Bonchev–Trinajstić information content (AvgIpc) is 3.13.